The van der Waals surface area contributed by atoms with Crippen LogP contribution in [0.1, 0.15) is 0 Å². The van der Waals surface area contributed by atoms with Gasteiger partial charge < -0.3 is 0 Å². The quantitative estimate of drug-likeness (QED) is 0.432. The zero-order valence-electron chi connectivity index (χ0n) is 2.82. The molecule has 0 aliphatic carbocycles. The van der Waals surface area contributed by atoms with Gasteiger partial charge in [-0.05, 0) is 0 Å². The Balaban J connectivity index is 2.80. The van der Waals surface area contributed by atoms with E-state index in [0.717, 1.165) is 0 Å². The summed E-state index contributed by atoms with van der Waals surface area (Å²) in [6, 6.07) is 0. The Hall–Kier alpha value is 1.96. The van der Waals surface area contributed by atoms with Crippen molar-refractivity contribution in [3.05, 3.63) is 0 Å². The maximum absolute atomic E-state index is 9.74. The van der Waals surface area contributed by atoms with Gasteiger partial charge in [0.2, 0.25) is 0 Å². The standard InChI is InChI=1S/CH3OSe.K/c1-3-2;/h1H3;/q+1;-1. The SMILES string of the molecule is C[Se](=O)[K]. The minimum atomic E-state index is -1.10. The normalized spacial score (nSPS) is 15.8. The molecule has 0 fully saturated rings. The van der Waals surface area contributed by atoms with E-state index in [1.165, 1.54) is 0 Å². The van der Waals surface area contributed by atoms with Gasteiger partial charge in [0.25, 0.3) is 0 Å². The molecule has 4 heavy (non-hydrogen) atoms. The zero-order chi connectivity index (χ0) is 3.58. The third-order valence-electron chi connectivity index (χ3n) is 0. The van der Waals surface area contributed by atoms with Crippen LogP contribution in [0, 0.1) is 0 Å². The van der Waals surface area contributed by atoms with Crippen LogP contribution in [-0.2, 0) is 3.83 Å². The molecule has 3 heteroatoms. The average Bonchev–Trinajstić information content (AvgIpc) is 0.811. The first kappa shape index (κ1) is 5.96. The molecule has 0 amide bonds. The Labute approximate surface area is 57.9 Å². The summed E-state index contributed by atoms with van der Waals surface area (Å²) >= 11 is 0.632. The van der Waals surface area contributed by atoms with Gasteiger partial charge in [0.05, 0.1) is 0 Å². The van der Waals surface area contributed by atoms with Crippen molar-refractivity contribution >= 4 is 49.9 Å². The summed E-state index contributed by atoms with van der Waals surface area (Å²) in [5.74, 6) is 1.82. The topological polar surface area (TPSA) is 17.1 Å². The van der Waals surface area contributed by atoms with Gasteiger partial charge in [-0.25, -0.2) is 0 Å². The summed E-state index contributed by atoms with van der Waals surface area (Å²) < 4.78 is 8.63. The van der Waals surface area contributed by atoms with E-state index in [1.807, 2.05) is 5.82 Å². The molecule has 1 atom stereocenters. The summed E-state index contributed by atoms with van der Waals surface area (Å²) in [6.07, 6.45) is 0. The van der Waals surface area contributed by atoms with E-state index in [1.54, 1.807) is 0 Å². The van der Waals surface area contributed by atoms with Gasteiger partial charge in [-0.3, -0.25) is 0 Å². The Bertz CT molecular complexity index is 31.0. The van der Waals surface area contributed by atoms with Gasteiger partial charge in [0.1, 0.15) is 0 Å². The fourth-order valence-electron chi connectivity index (χ4n) is 0. The Morgan fingerprint density at radius 1 is 2.00 bits per heavy atom. The molecule has 0 saturated carbocycles. The van der Waals surface area contributed by atoms with E-state index in [0.29, 0.717) is 45.4 Å². The van der Waals surface area contributed by atoms with Crippen molar-refractivity contribution < 1.29 is 3.83 Å². The molecule has 0 bridgehead atoms. The molecule has 0 radical (unpaired) electrons. The maximum atomic E-state index is 9.74. The molecule has 1 unspecified atom stereocenters. The van der Waals surface area contributed by atoms with Gasteiger partial charge in [0, 0.05) is 0 Å². The van der Waals surface area contributed by atoms with Crippen molar-refractivity contribution in [1.82, 2.24) is 0 Å². The Kier molecular flexibility index (Phi) is 4.70. The van der Waals surface area contributed by atoms with Crippen molar-refractivity contribution in [3.8, 4) is 0 Å². The zero-order valence-corrected chi connectivity index (χ0v) is 7.65. The van der Waals surface area contributed by atoms with Crippen LogP contribution < -0.4 is 0 Å². The number of rotatable bonds is 0. The second kappa shape index (κ2) is 3.16. The molecule has 20 valence electrons. The summed E-state index contributed by atoms with van der Waals surface area (Å²) in [6.45, 7) is 0. The van der Waals surface area contributed by atoms with Crippen LogP contribution >= 0.6 is 0 Å². The Morgan fingerprint density at radius 2 is 2.00 bits per heavy atom. The van der Waals surface area contributed by atoms with Crippen LogP contribution in [0.4, 0.5) is 0 Å². The third kappa shape index (κ3) is 9.04. The van der Waals surface area contributed by atoms with Crippen LogP contribution in [0.2, 0.25) is 5.82 Å². The number of hydrogen-bond acceptors (Lipinski definition) is 1. The molecule has 0 aromatic carbocycles. The average molecular weight is 149 g/mol. The van der Waals surface area contributed by atoms with Crippen molar-refractivity contribution in [2.75, 3.05) is 0 Å². The molecule has 0 aromatic rings. The molecule has 0 N–H and O–H groups in total. The molecular weight excluding hydrogens is 146 g/mol. The first-order valence-corrected chi connectivity index (χ1v) is 11.7. The van der Waals surface area contributed by atoms with E-state index in [4.69, 9.17) is 0 Å². The molecule has 0 aromatic heterocycles. The summed E-state index contributed by atoms with van der Waals surface area (Å²) in [5.41, 5.74) is 0. The van der Waals surface area contributed by atoms with Crippen molar-refractivity contribution in [1.29, 1.82) is 0 Å². The molecule has 0 heterocycles. The second-order valence-electron chi connectivity index (χ2n) is 0.742. The van der Waals surface area contributed by atoms with Crippen molar-refractivity contribution in [2.24, 2.45) is 0 Å². The fraction of sp³-hybridized carbons (Fsp3) is 1.00. The predicted octanol–water partition coefficient (Wildman–Crippen LogP) is -0.297. The monoisotopic (exact) mass is 150 g/mol. The van der Waals surface area contributed by atoms with Crippen molar-refractivity contribution in [2.45, 2.75) is 5.82 Å². The first-order chi connectivity index (χ1) is 1.73. The van der Waals surface area contributed by atoms with Gasteiger partial charge in [-0.2, -0.15) is 0 Å². The molecule has 0 aliphatic heterocycles. The first-order valence-electron chi connectivity index (χ1n) is 0.983. The molecule has 1 nitrogen and oxygen atoms in total. The van der Waals surface area contributed by atoms with E-state index in [9.17, 15) is 3.83 Å². The Morgan fingerprint density at radius 3 is 2.00 bits per heavy atom. The minimum absolute atomic E-state index is 0.632. The van der Waals surface area contributed by atoms with Gasteiger partial charge in [-0.15, -0.1) is 0 Å². The second-order valence-corrected chi connectivity index (χ2v) is 13.2. The van der Waals surface area contributed by atoms with Gasteiger partial charge >= 0.3 is 59.5 Å². The fourth-order valence-corrected chi connectivity index (χ4v) is 0. The van der Waals surface area contributed by atoms with E-state index < -0.39 is 4.48 Å². The van der Waals surface area contributed by atoms with Gasteiger partial charge in [-0.1, -0.05) is 0 Å². The van der Waals surface area contributed by atoms with Crippen LogP contribution in [0.25, 0.3) is 0 Å². The molecule has 0 aliphatic rings. The third-order valence-corrected chi connectivity index (χ3v) is 0. The van der Waals surface area contributed by atoms with Crippen LogP contribution in [0.5, 0.6) is 0 Å². The van der Waals surface area contributed by atoms with Crippen LogP contribution in [0.3, 0.4) is 0 Å². The predicted molar refractivity (Wildman–Crippen MR) is 18.1 cm³/mol. The number of hydrogen-bond donors (Lipinski definition) is 0. The molecule has 0 spiro atoms. The van der Waals surface area contributed by atoms with E-state index >= 15 is 0 Å². The van der Waals surface area contributed by atoms with E-state index in [2.05, 4.69) is 0 Å². The van der Waals surface area contributed by atoms with Crippen LogP contribution in [-0.4, -0.2) is 49.9 Å². The molecular formula is CH3KOSe. The summed E-state index contributed by atoms with van der Waals surface area (Å²) in [4.78, 5) is 0. The summed E-state index contributed by atoms with van der Waals surface area (Å²) in [5, 5.41) is 0. The van der Waals surface area contributed by atoms with E-state index in [-0.39, 0.29) is 0 Å². The van der Waals surface area contributed by atoms with Crippen molar-refractivity contribution in [3.63, 3.8) is 0 Å². The van der Waals surface area contributed by atoms with Crippen LogP contribution in [0.15, 0.2) is 0 Å². The van der Waals surface area contributed by atoms with Gasteiger partial charge in [0.15, 0.2) is 0 Å². The molecule has 0 saturated heterocycles. The summed E-state index contributed by atoms with van der Waals surface area (Å²) in [7, 11) is 0. The molecule has 0 rings (SSSR count).